The minimum atomic E-state index is -0.135. The van der Waals surface area contributed by atoms with Gasteiger partial charge in [0.1, 0.15) is 11.6 Å². The molecule has 1 N–H and O–H groups in total. The Balaban J connectivity index is 2.25. The first-order valence-corrected chi connectivity index (χ1v) is 6.00. The molecule has 18 heavy (non-hydrogen) atoms. The number of benzene rings is 1. The molecular formula is C14H16N2O2. The summed E-state index contributed by atoms with van der Waals surface area (Å²) < 4.78 is 5.50. The zero-order chi connectivity index (χ0) is 13.0. The highest BCUT2D eigenvalue weighted by Gasteiger charge is 2.02. The summed E-state index contributed by atoms with van der Waals surface area (Å²) in [5.41, 5.74) is 1.45. The lowest BCUT2D eigenvalue weighted by atomic mass is 10.2. The monoisotopic (exact) mass is 244 g/mol. The zero-order valence-electron chi connectivity index (χ0n) is 10.6. The number of ether oxygens (including phenoxy) is 1. The smallest absolute Gasteiger partial charge is 0.251 e. The number of nitrogens with one attached hydrogen (secondary N) is 1. The molecule has 1 heterocycles. The second kappa shape index (κ2) is 5.49. The standard InChI is InChI=1S/C14H16N2O2/c1-3-8-18-12-6-4-11(5-7-12)14-15-10(2)9-13(17)16-14/h4-7,9H,3,8H2,1-2H3,(H,15,16,17). The molecule has 4 nitrogen and oxygen atoms in total. The molecule has 0 aliphatic carbocycles. The lowest BCUT2D eigenvalue weighted by Crippen LogP contribution is -2.08. The van der Waals surface area contributed by atoms with E-state index in [1.807, 2.05) is 24.3 Å². The van der Waals surface area contributed by atoms with Crippen molar-refractivity contribution >= 4 is 0 Å². The van der Waals surface area contributed by atoms with Gasteiger partial charge in [0.15, 0.2) is 0 Å². The van der Waals surface area contributed by atoms with Gasteiger partial charge in [-0.25, -0.2) is 4.98 Å². The Morgan fingerprint density at radius 2 is 2.00 bits per heavy atom. The maximum atomic E-state index is 11.4. The van der Waals surface area contributed by atoms with Gasteiger partial charge in [-0.1, -0.05) is 6.92 Å². The fourth-order valence-electron chi connectivity index (χ4n) is 1.64. The molecule has 0 saturated carbocycles. The van der Waals surface area contributed by atoms with Gasteiger partial charge >= 0.3 is 0 Å². The van der Waals surface area contributed by atoms with Gasteiger partial charge in [-0.2, -0.15) is 0 Å². The Morgan fingerprint density at radius 3 is 2.61 bits per heavy atom. The fraction of sp³-hybridized carbons (Fsp3) is 0.286. The summed E-state index contributed by atoms with van der Waals surface area (Å²) in [5.74, 6) is 1.41. The molecule has 0 aliphatic rings. The topological polar surface area (TPSA) is 55.0 Å². The molecule has 0 spiro atoms. The van der Waals surface area contributed by atoms with Crippen LogP contribution in [0, 0.1) is 6.92 Å². The largest absolute Gasteiger partial charge is 0.494 e. The van der Waals surface area contributed by atoms with E-state index in [9.17, 15) is 4.79 Å². The summed E-state index contributed by atoms with van der Waals surface area (Å²) in [4.78, 5) is 18.4. The van der Waals surface area contributed by atoms with Gasteiger partial charge in [0.2, 0.25) is 0 Å². The number of nitrogens with zero attached hydrogens (tertiary/aromatic N) is 1. The van der Waals surface area contributed by atoms with Crippen molar-refractivity contribution in [1.29, 1.82) is 0 Å². The van der Waals surface area contributed by atoms with Crippen LogP contribution in [0.15, 0.2) is 35.1 Å². The lowest BCUT2D eigenvalue weighted by Gasteiger charge is -2.06. The van der Waals surface area contributed by atoms with Crippen molar-refractivity contribution in [3.05, 3.63) is 46.4 Å². The van der Waals surface area contributed by atoms with Crippen LogP contribution in [0.3, 0.4) is 0 Å². The second-order valence-corrected chi connectivity index (χ2v) is 4.11. The third-order valence-corrected chi connectivity index (χ3v) is 2.47. The van der Waals surface area contributed by atoms with E-state index in [1.54, 1.807) is 6.92 Å². The Labute approximate surface area is 106 Å². The van der Waals surface area contributed by atoms with Crippen LogP contribution in [0.25, 0.3) is 11.4 Å². The number of aryl methyl sites for hydroxylation is 1. The van der Waals surface area contributed by atoms with Crippen LogP contribution in [0.4, 0.5) is 0 Å². The highest BCUT2D eigenvalue weighted by atomic mass is 16.5. The van der Waals surface area contributed by atoms with Gasteiger partial charge in [-0.15, -0.1) is 0 Å². The molecule has 0 bridgehead atoms. The third-order valence-electron chi connectivity index (χ3n) is 2.47. The van der Waals surface area contributed by atoms with Gasteiger partial charge in [0, 0.05) is 17.3 Å². The Bertz CT molecular complexity index is 573. The number of aromatic amines is 1. The molecule has 0 aliphatic heterocycles. The van der Waals surface area contributed by atoms with Gasteiger partial charge < -0.3 is 9.72 Å². The molecule has 0 amide bonds. The number of rotatable bonds is 4. The van der Waals surface area contributed by atoms with Crippen LogP contribution >= 0.6 is 0 Å². The molecule has 94 valence electrons. The van der Waals surface area contributed by atoms with Gasteiger partial charge in [-0.05, 0) is 37.6 Å². The first-order valence-electron chi connectivity index (χ1n) is 6.00. The third kappa shape index (κ3) is 2.97. The van der Waals surface area contributed by atoms with Crippen LogP contribution < -0.4 is 10.3 Å². The maximum absolute atomic E-state index is 11.4. The Hall–Kier alpha value is -2.10. The van der Waals surface area contributed by atoms with Crippen molar-refractivity contribution in [2.75, 3.05) is 6.61 Å². The molecular weight excluding hydrogens is 228 g/mol. The highest BCUT2D eigenvalue weighted by molar-refractivity contribution is 5.56. The first kappa shape index (κ1) is 12.4. The van der Waals surface area contributed by atoms with Crippen molar-refractivity contribution in [3.63, 3.8) is 0 Å². The van der Waals surface area contributed by atoms with E-state index < -0.39 is 0 Å². The van der Waals surface area contributed by atoms with Crippen molar-refractivity contribution in [1.82, 2.24) is 9.97 Å². The predicted molar refractivity (Wildman–Crippen MR) is 70.8 cm³/mol. The van der Waals surface area contributed by atoms with E-state index >= 15 is 0 Å². The van der Waals surface area contributed by atoms with Crippen molar-refractivity contribution in [2.24, 2.45) is 0 Å². The van der Waals surface area contributed by atoms with Crippen LogP contribution in [-0.2, 0) is 0 Å². The highest BCUT2D eigenvalue weighted by Crippen LogP contribution is 2.18. The minimum Gasteiger partial charge on any atom is -0.494 e. The summed E-state index contributed by atoms with van der Waals surface area (Å²) in [6.45, 7) is 4.58. The van der Waals surface area contributed by atoms with Crippen molar-refractivity contribution in [2.45, 2.75) is 20.3 Å². The number of H-pyrrole nitrogens is 1. The van der Waals surface area contributed by atoms with Crippen LogP contribution in [-0.4, -0.2) is 16.6 Å². The maximum Gasteiger partial charge on any atom is 0.251 e. The molecule has 2 aromatic rings. The molecule has 1 aromatic carbocycles. The molecule has 0 radical (unpaired) electrons. The van der Waals surface area contributed by atoms with Gasteiger partial charge in [0.25, 0.3) is 5.56 Å². The van der Waals surface area contributed by atoms with Crippen LogP contribution in [0.5, 0.6) is 5.75 Å². The molecule has 0 atom stereocenters. The fourth-order valence-corrected chi connectivity index (χ4v) is 1.64. The summed E-state index contributed by atoms with van der Waals surface area (Å²) >= 11 is 0. The van der Waals surface area contributed by atoms with Crippen molar-refractivity contribution in [3.8, 4) is 17.1 Å². The first-order chi connectivity index (χ1) is 8.69. The molecule has 0 saturated heterocycles. The molecule has 2 rings (SSSR count). The van der Waals surface area contributed by atoms with Crippen molar-refractivity contribution < 1.29 is 4.74 Å². The van der Waals surface area contributed by atoms with E-state index in [0.29, 0.717) is 18.1 Å². The normalized spacial score (nSPS) is 10.3. The summed E-state index contributed by atoms with van der Waals surface area (Å²) in [6, 6.07) is 9.02. The van der Waals surface area contributed by atoms with Gasteiger partial charge in [0.05, 0.1) is 6.61 Å². The predicted octanol–water partition coefficient (Wildman–Crippen LogP) is 2.53. The Morgan fingerprint density at radius 1 is 1.28 bits per heavy atom. The molecule has 4 heteroatoms. The van der Waals surface area contributed by atoms with E-state index in [1.165, 1.54) is 6.07 Å². The second-order valence-electron chi connectivity index (χ2n) is 4.11. The van der Waals surface area contributed by atoms with Crippen LogP contribution in [0.1, 0.15) is 19.0 Å². The number of hydrogen-bond donors (Lipinski definition) is 1. The molecule has 0 fully saturated rings. The SMILES string of the molecule is CCCOc1ccc(-c2nc(C)cc(=O)[nH]2)cc1. The lowest BCUT2D eigenvalue weighted by molar-refractivity contribution is 0.317. The number of aromatic nitrogens is 2. The average Bonchev–Trinajstić information content (AvgIpc) is 2.36. The van der Waals surface area contributed by atoms with E-state index in [-0.39, 0.29) is 5.56 Å². The molecule has 1 aromatic heterocycles. The Kier molecular flexibility index (Phi) is 3.77. The zero-order valence-corrected chi connectivity index (χ0v) is 10.6. The number of hydrogen-bond acceptors (Lipinski definition) is 3. The average molecular weight is 244 g/mol. The van der Waals surface area contributed by atoms with Crippen LogP contribution in [0.2, 0.25) is 0 Å². The van der Waals surface area contributed by atoms with E-state index in [2.05, 4.69) is 16.9 Å². The summed E-state index contributed by atoms with van der Waals surface area (Å²) in [7, 11) is 0. The summed E-state index contributed by atoms with van der Waals surface area (Å²) in [6.07, 6.45) is 0.981. The van der Waals surface area contributed by atoms with E-state index in [4.69, 9.17) is 4.74 Å². The quantitative estimate of drug-likeness (QED) is 0.899. The summed E-state index contributed by atoms with van der Waals surface area (Å²) in [5, 5.41) is 0. The van der Waals surface area contributed by atoms with Gasteiger partial charge in [-0.3, -0.25) is 4.79 Å². The van der Waals surface area contributed by atoms with E-state index in [0.717, 1.165) is 17.7 Å². The minimum absolute atomic E-state index is 0.135. The molecule has 0 unspecified atom stereocenters.